The third-order valence-electron chi connectivity index (χ3n) is 5.95. The van der Waals surface area contributed by atoms with Crippen LogP contribution in [0.15, 0.2) is 60.8 Å². The van der Waals surface area contributed by atoms with Crippen molar-refractivity contribution in [2.75, 3.05) is 13.1 Å². The zero-order valence-corrected chi connectivity index (χ0v) is 20.0. The van der Waals surface area contributed by atoms with Gasteiger partial charge < -0.3 is 14.2 Å². The van der Waals surface area contributed by atoms with Crippen molar-refractivity contribution in [2.45, 2.75) is 27.3 Å². The molecule has 176 valence electrons. The molecule has 1 aromatic heterocycles. The molecule has 0 unspecified atom stereocenters. The molecule has 7 heteroatoms. The number of amides is 1. The minimum atomic E-state index is -0.535. The molecule has 1 heterocycles. The predicted octanol–water partition coefficient (Wildman–Crippen LogP) is 7.44. The first-order valence-corrected chi connectivity index (χ1v) is 11.5. The summed E-state index contributed by atoms with van der Waals surface area (Å²) >= 11 is 6.08. The molecule has 0 aliphatic rings. The molecule has 4 nitrogen and oxygen atoms in total. The fraction of sp³-hybridized carbons (Fsp3) is 0.222. The van der Waals surface area contributed by atoms with Crippen LogP contribution in [0.3, 0.4) is 0 Å². The number of ether oxygens (including phenoxy) is 1. The lowest BCUT2D eigenvalue weighted by Gasteiger charge is -2.20. The van der Waals surface area contributed by atoms with E-state index < -0.39 is 11.9 Å². The van der Waals surface area contributed by atoms with Crippen molar-refractivity contribution in [1.82, 2.24) is 9.47 Å². The highest BCUT2D eigenvalue weighted by atomic mass is 35.5. The molecule has 0 spiro atoms. The van der Waals surface area contributed by atoms with Gasteiger partial charge in [-0.15, -0.1) is 0 Å². The third kappa shape index (κ3) is 4.50. The van der Waals surface area contributed by atoms with Gasteiger partial charge in [0.05, 0.1) is 11.6 Å². The zero-order valence-electron chi connectivity index (χ0n) is 19.2. The van der Waals surface area contributed by atoms with E-state index in [1.54, 1.807) is 36.1 Å². The second-order valence-electron chi connectivity index (χ2n) is 8.03. The number of hydrogen-bond acceptors (Lipinski definition) is 2. The van der Waals surface area contributed by atoms with Crippen LogP contribution in [-0.2, 0) is 6.54 Å². The first kappa shape index (κ1) is 23.8. The Hall–Kier alpha value is -3.38. The number of halogens is 3. The molecule has 0 bridgehead atoms. The Labute approximate surface area is 202 Å². The number of benzene rings is 3. The number of aromatic nitrogens is 1. The van der Waals surface area contributed by atoms with E-state index in [9.17, 15) is 13.6 Å². The average molecular weight is 483 g/mol. The van der Waals surface area contributed by atoms with Gasteiger partial charge in [0.2, 0.25) is 0 Å². The zero-order chi connectivity index (χ0) is 24.4. The number of nitrogens with zero attached hydrogens (tertiary/aromatic N) is 2. The predicted molar refractivity (Wildman–Crippen MR) is 132 cm³/mol. The Morgan fingerprint density at radius 1 is 1.06 bits per heavy atom. The van der Waals surface area contributed by atoms with Gasteiger partial charge in [-0.3, -0.25) is 0 Å². The maximum atomic E-state index is 14.6. The van der Waals surface area contributed by atoms with Crippen molar-refractivity contribution in [1.29, 1.82) is 0 Å². The minimum absolute atomic E-state index is 0.0308. The summed E-state index contributed by atoms with van der Waals surface area (Å²) in [4.78, 5) is 14.3. The summed E-state index contributed by atoms with van der Waals surface area (Å²) in [6.07, 6.45) is 1.39. The maximum absolute atomic E-state index is 14.6. The van der Waals surface area contributed by atoms with E-state index >= 15 is 0 Å². The molecule has 0 radical (unpaired) electrons. The van der Waals surface area contributed by atoms with E-state index in [4.69, 9.17) is 16.3 Å². The number of carbonyl (C=O) groups excluding carboxylic acids is 1. The first-order valence-electron chi connectivity index (χ1n) is 11.1. The average Bonchev–Trinajstić information content (AvgIpc) is 3.22. The standard InChI is InChI=1S/C27H25ClF2N2O2/c1-4-31(5-2)27(33)34-24-12-11-23-20(25(24)18-9-10-22(29)21(28)15-18)13-14-32(23)16-19-8-6-7-17(3)26(19)30/h6-15H,4-5,16H2,1-3H3. The summed E-state index contributed by atoms with van der Waals surface area (Å²) in [5, 5.41) is 0.748. The molecule has 0 saturated carbocycles. The van der Waals surface area contributed by atoms with Crippen LogP contribution in [0.5, 0.6) is 5.75 Å². The Balaban J connectivity index is 1.85. The summed E-state index contributed by atoms with van der Waals surface area (Å²) in [5.74, 6) is -0.432. The van der Waals surface area contributed by atoms with Gasteiger partial charge in [0.15, 0.2) is 0 Å². The van der Waals surface area contributed by atoms with E-state index in [1.807, 2.05) is 42.8 Å². The van der Waals surface area contributed by atoms with Crippen LogP contribution in [0.25, 0.3) is 22.0 Å². The van der Waals surface area contributed by atoms with Gasteiger partial charge in [0.25, 0.3) is 0 Å². The van der Waals surface area contributed by atoms with E-state index in [0.717, 1.165) is 10.9 Å². The highest BCUT2D eigenvalue weighted by Crippen LogP contribution is 2.39. The Kier molecular flexibility index (Phi) is 6.89. The highest BCUT2D eigenvalue weighted by molar-refractivity contribution is 6.31. The number of fused-ring (bicyclic) bond motifs is 1. The van der Waals surface area contributed by atoms with Crippen molar-refractivity contribution in [3.8, 4) is 16.9 Å². The minimum Gasteiger partial charge on any atom is -0.410 e. The van der Waals surface area contributed by atoms with E-state index in [1.165, 1.54) is 12.1 Å². The van der Waals surface area contributed by atoms with Crippen LogP contribution < -0.4 is 4.74 Å². The molecular formula is C27H25ClF2N2O2. The van der Waals surface area contributed by atoms with Crippen LogP contribution in [0, 0.1) is 18.6 Å². The van der Waals surface area contributed by atoms with Gasteiger partial charge in [-0.2, -0.15) is 0 Å². The third-order valence-corrected chi connectivity index (χ3v) is 6.24. The smallest absolute Gasteiger partial charge is 0.410 e. The summed E-state index contributed by atoms with van der Waals surface area (Å²) in [6, 6.07) is 15.1. The number of aryl methyl sites for hydroxylation is 1. The number of carbonyl (C=O) groups is 1. The van der Waals surface area contributed by atoms with Crippen molar-refractivity contribution in [3.63, 3.8) is 0 Å². The van der Waals surface area contributed by atoms with Gasteiger partial charge in [-0.05, 0) is 62.2 Å². The fourth-order valence-electron chi connectivity index (χ4n) is 4.08. The van der Waals surface area contributed by atoms with Crippen LogP contribution in [-0.4, -0.2) is 28.6 Å². The Morgan fingerprint density at radius 2 is 1.82 bits per heavy atom. The fourth-order valence-corrected chi connectivity index (χ4v) is 4.26. The lowest BCUT2D eigenvalue weighted by atomic mass is 10.0. The maximum Gasteiger partial charge on any atom is 0.415 e. The van der Waals surface area contributed by atoms with Gasteiger partial charge in [0.1, 0.15) is 17.4 Å². The molecule has 0 atom stereocenters. The van der Waals surface area contributed by atoms with E-state index in [2.05, 4.69) is 0 Å². The molecule has 4 aromatic rings. The molecule has 0 fully saturated rings. The SMILES string of the molecule is CCN(CC)C(=O)Oc1ccc2c(ccn2Cc2cccc(C)c2F)c1-c1ccc(F)c(Cl)c1. The molecular weight excluding hydrogens is 458 g/mol. The van der Waals surface area contributed by atoms with Gasteiger partial charge in [-0.1, -0.05) is 35.9 Å². The van der Waals surface area contributed by atoms with Crippen LogP contribution in [0.2, 0.25) is 5.02 Å². The summed E-state index contributed by atoms with van der Waals surface area (Å²) in [5.41, 5.74) is 3.20. The van der Waals surface area contributed by atoms with E-state index in [0.29, 0.717) is 47.6 Å². The van der Waals surface area contributed by atoms with Crippen LogP contribution in [0.1, 0.15) is 25.0 Å². The molecule has 0 aliphatic heterocycles. The number of hydrogen-bond donors (Lipinski definition) is 0. The van der Waals surface area contributed by atoms with Crippen LogP contribution >= 0.6 is 11.6 Å². The monoisotopic (exact) mass is 482 g/mol. The van der Waals surface area contributed by atoms with Crippen molar-refractivity contribution < 1.29 is 18.3 Å². The highest BCUT2D eigenvalue weighted by Gasteiger charge is 2.20. The van der Waals surface area contributed by atoms with Gasteiger partial charge in [0, 0.05) is 41.3 Å². The van der Waals surface area contributed by atoms with Crippen molar-refractivity contribution in [3.05, 3.63) is 88.6 Å². The normalized spacial score (nSPS) is 11.1. The molecule has 3 aromatic carbocycles. The van der Waals surface area contributed by atoms with Crippen LogP contribution in [0.4, 0.5) is 13.6 Å². The molecule has 1 amide bonds. The molecule has 4 rings (SSSR count). The second kappa shape index (κ2) is 9.85. The lowest BCUT2D eigenvalue weighted by Crippen LogP contribution is -2.33. The summed E-state index contributed by atoms with van der Waals surface area (Å²) < 4.78 is 36.2. The van der Waals surface area contributed by atoms with Gasteiger partial charge >= 0.3 is 6.09 Å². The Bertz CT molecular complexity index is 1360. The largest absolute Gasteiger partial charge is 0.415 e. The molecule has 0 aliphatic carbocycles. The molecule has 34 heavy (non-hydrogen) atoms. The quantitative estimate of drug-likeness (QED) is 0.286. The second-order valence-corrected chi connectivity index (χ2v) is 8.44. The number of rotatable bonds is 6. The summed E-state index contributed by atoms with van der Waals surface area (Å²) in [6.45, 7) is 6.83. The van der Waals surface area contributed by atoms with E-state index in [-0.39, 0.29) is 10.8 Å². The Morgan fingerprint density at radius 3 is 2.53 bits per heavy atom. The van der Waals surface area contributed by atoms with Crippen molar-refractivity contribution in [2.24, 2.45) is 0 Å². The first-order chi connectivity index (χ1) is 16.3. The molecule has 0 saturated heterocycles. The molecule has 0 N–H and O–H groups in total. The van der Waals surface area contributed by atoms with Gasteiger partial charge in [-0.25, -0.2) is 13.6 Å². The lowest BCUT2D eigenvalue weighted by molar-refractivity contribution is 0.157. The van der Waals surface area contributed by atoms with Crippen molar-refractivity contribution >= 4 is 28.6 Å². The topological polar surface area (TPSA) is 34.5 Å². The summed E-state index contributed by atoms with van der Waals surface area (Å²) in [7, 11) is 0.